The topological polar surface area (TPSA) is 81.8 Å². The van der Waals surface area contributed by atoms with Crippen molar-refractivity contribution in [2.24, 2.45) is 0 Å². The van der Waals surface area contributed by atoms with Gasteiger partial charge < -0.3 is 14.6 Å². The van der Waals surface area contributed by atoms with Gasteiger partial charge in [0.25, 0.3) is 0 Å². The lowest BCUT2D eigenvalue weighted by atomic mass is 10.2. The summed E-state index contributed by atoms with van der Waals surface area (Å²) in [6, 6.07) is 8.08. The molecular weight excluding hydrogens is 281 g/mol. The summed E-state index contributed by atoms with van der Waals surface area (Å²) in [6.07, 6.45) is 0. The normalized spacial score (nSPS) is 10.2. The third kappa shape index (κ3) is 3.09. The number of methoxy groups -OCH3 is 1. The molecule has 0 atom stereocenters. The van der Waals surface area contributed by atoms with Crippen molar-refractivity contribution in [3.63, 3.8) is 0 Å². The van der Waals surface area contributed by atoms with E-state index in [0.29, 0.717) is 0 Å². The van der Waals surface area contributed by atoms with E-state index in [1.54, 1.807) is 0 Å². The Labute approximate surface area is 119 Å². The van der Waals surface area contributed by atoms with Gasteiger partial charge in [-0.25, -0.2) is 4.39 Å². The molecule has 2 aromatic carbocycles. The highest BCUT2D eigenvalue weighted by Crippen LogP contribution is 2.34. The maximum absolute atomic E-state index is 13.5. The van der Waals surface area contributed by atoms with Crippen molar-refractivity contribution in [3.8, 4) is 17.2 Å². The molecule has 0 saturated carbocycles. The second-order valence-corrected chi connectivity index (χ2v) is 4.07. The molecular formula is C14H12FNO5. The van der Waals surface area contributed by atoms with E-state index in [-0.39, 0.29) is 28.5 Å². The van der Waals surface area contributed by atoms with Crippen LogP contribution in [0.25, 0.3) is 0 Å². The Balaban J connectivity index is 2.39. The minimum Gasteiger partial charge on any atom is -0.490 e. The average Bonchev–Trinajstić information content (AvgIpc) is 2.47. The summed E-state index contributed by atoms with van der Waals surface area (Å²) in [7, 11) is 1.32. The molecule has 0 unspecified atom stereocenters. The molecule has 2 aromatic rings. The molecule has 110 valence electrons. The Hall–Kier alpha value is -2.67. The molecule has 0 heterocycles. The van der Waals surface area contributed by atoms with E-state index in [0.717, 1.165) is 0 Å². The van der Waals surface area contributed by atoms with Crippen molar-refractivity contribution in [1.82, 2.24) is 0 Å². The van der Waals surface area contributed by atoms with E-state index < -0.39 is 17.3 Å². The van der Waals surface area contributed by atoms with Gasteiger partial charge >= 0.3 is 5.69 Å². The van der Waals surface area contributed by atoms with Gasteiger partial charge in [0.1, 0.15) is 17.3 Å². The molecule has 0 aromatic heterocycles. The van der Waals surface area contributed by atoms with E-state index in [2.05, 4.69) is 0 Å². The van der Waals surface area contributed by atoms with Crippen LogP contribution in [0, 0.1) is 15.9 Å². The summed E-state index contributed by atoms with van der Waals surface area (Å²) in [6.45, 7) is -0.541. The molecule has 0 radical (unpaired) electrons. The lowest BCUT2D eigenvalue weighted by Crippen LogP contribution is -1.97. The average molecular weight is 293 g/mol. The van der Waals surface area contributed by atoms with E-state index in [1.165, 1.54) is 43.5 Å². The van der Waals surface area contributed by atoms with Gasteiger partial charge in [0.05, 0.1) is 30.3 Å². The highest BCUT2D eigenvalue weighted by atomic mass is 19.1. The highest BCUT2D eigenvalue weighted by Gasteiger charge is 2.17. The van der Waals surface area contributed by atoms with Crippen molar-refractivity contribution in [1.29, 1.82) is 0 Å². The number of benzene rings is 2. The number of hydrogen-bond donors (Lipinski definition) is 1. The molecule has 7 heteroatoms. The monoisotopic (exact) mass is 293 g/mol. The van der Waals surface area contributed by atoms with Gasteiger partial charge in [0.15, 0.2) is 5.75 Å². The standard InChI is InChI=1S/C14H12FNO5/c1-20-14-6-5-9(7-12(14)16(18)19)21-13-4-2-3-11(15)10(13)8-17/h2-7,17H,8H2,1H3. The summed E-state index contributed by atoms with van der Waals surface area (Å²) in [5, 5.41) is 20.1. The molecule has 1 N–H and O–H groups in total. The number of rotatable bonds is 5. The number of nitrogens with zero attached hydrogens (tertiary/aromatic N) is 1. The third-order valence-corrected chi connectivity index (χ3v) is 2.81. The number of nitro benzene ring substituents is 1. The molecule has 2 rings (SSSR count). The SMILES string of the molecule is COc1ccc(Oc2cccc(F)c2CO)cc1[N+](=O)[O-]. The Morgan fingerprint density at radius 3 is 2.67 bits per heavy atom. The predicted octanol–water partition coefficient (Wildman–Crippen LogP) is 3.03. The van der Waals surface area contributed by atoms with Crippen LogP contribution in [0.15, 0.2) is 36.4 Å². The van der Waals surface area contributed by atoms with Crippen LogP contribution in [0.5, 0.6) is 17.2 Å². The van der Waals surface area contributed by atoms with E-state index in [4.69, 9.17) is 14.6 Å². The Bertz CT molecular complexity index is 674. The molecule has 0 spiro atoms. The van der Waals surface area contributed by atoms with Crippen LogP contribution in [-0.4, -0.2) is 17.1 Å². The number of ether oxygens (including phenoxy) is 2. The molecule has 0 saturated heterocycles. The molecule has 21 heavy (non-hydrogen) atoms. The van der Waals surface area contributed by atoms with Crippen molar-refractivity contribution < 1.29 is 23.9 Å². The lowest BCUT2D eigenvalue weighted by Gasteiger charge is -2.11. The largest absolute Gasteiger partial charge is 0.490 e. The first kappa shape index (κ1) is 14.7. The van der Waals surface area contributed by atoms with E-state index in [1.807, 2.05) is 0 Å². The molecule has 0 amide bonds. The number of aliphatic hydroxyl groups excluding tert-OH is 1. The number of nitro groups is 1. The summed E-state index contributed by atoms with van der Waals surface area (Å²) in [5.74, 6) is -0.285. The quantitative estimate of drug-likeness (QED) is 0.677. The van der Waals surface area contributed by atoms with Crippen LogP contribution < -0.4 is 9.47 Å². The van der Waals surface area contributed by atoms with Gasteiger partial charge in [-0.2, -0.15) is 0 Å². The van der Waals surface area contributed by atoms with Crippen LogP contribution in [0.4, 0.5) is 10.1 Å². The molecule has 0 aliphatic carbocycles. The summed E-state index contributed by atoms with van der Waals surface area (Å²) in [5.41, 5.74) is -0.284. The summed E-state index contributed by atoms with van der Waals surface area (Å²) >= 11 is 0. The third-order valence-electron chi connectivity index (χ3n) is 2.81. The minimum atomic E-state index is -0.613. The van der Waals surface area contributed by atoms with Gasteiger partial charge in [-0.05, 0) is 24.3 Å². The van der Waals surface area contributed by atoms with Gasteiger partial charge in [-0.3, -0.25) is 10.1 Å². The molecule has 0 aliphatic heterocycles. The van der Waals surface area contributed by atoms with Crippen molar-refractivity contribution in [2.75, 3.05) is 7.11 Å². The molecule has 6 nitrogen and oxygen atoms in total. The van der Waals surface area contributed by atoms with Gasteiger partial charge in [-0.15, -0.1) is 0 Å². The first-order valence-electron chi connectivity index (χ1n) is 5.95. The summed E-state index contributed by atoms with van der Waals surface area (Å²) in [4.78, 5) is 10.3. The Morgan fingerprint density at radius 1 is 1.29 bits per heavy atom. The van der Waals surface area contributed by atoms with Gasteiger partial charge in [-0.1, -0.05) is 6.07 Å². The lowest BCUT2D eigenvalue weighted by molar-refractivity contribution is -0.385. The zero-order valence-electron chi connectivity index (χ0n) is 11.1. The second kappa shape index (κ2) is 6.19. The van der Waals surface area contributed by atoms with E-state index >= 15 is 0 Å². The molecule has 0 fully saturated rings. The van der Waals surface area contributed by atoms with Crippen LogP contribution in [0.3, 0.4) is 0 Å². The van der Waals surface area contributed by atoms with Crippen LogP contribution in [0.1, 0.15) is 5.56 Å². The first-order valence-corrected chi connectivity index (χ1v) is 5.95. The van der Waals surface area contributed by atoms with Crippen LogP contribution in [-0.2, 0) is 6.61 Å². The maximum Gasteiger partial charge on any atom is 0.314 e. The fraction of sp³-hybridized carbons (Fsp3) is 0.143. The minimum absolute atomic E-state index is 0.0176. The number of hydrogen-bond acceptors (Lipinski definition) is 5. The van der Waals surface area contributed by atoms with Crippen molar-refractivity contribution >= 4 is 5.69 Å². The fourth-order valence-corrected chi connectivity index (χ4v) is 1.79. The van der Waals surface area contributed by atoms with E-state index in [9.17, 15) is 14.5 Å². The smallest absolute Gasteiger partial charge is 0.314 e. The van der Waals surface area contributed by atoms with Crippen LogP contribution in [0.2, 0.25) is 0 Å². The zero-order valence-corrected chi connectivity index (χ0v) is 11.1. The van der Waals surface area contributed by atoms with Crippen molar-refractivity contribution in [2.45, 2.75) is 6.61 Å². The summed E-state index contributed by atoms with van der Waals surface area (Å²) < 4.78 is 23.8. The van der Waals surface area contributed by atoms with Gasteiger partial charge in [0.2, 0.25) is 0 Å². The highest BCUT2D eigenvalue weighted by molar-refractivity contribution is 5.52. The number of halogens is 1. The first-order chi connectivity index (χ1) is 10.1. The second-order valence-electron chi connectivity index (χ2n) is 4.07. The zero-order chi connectivity index (χ0) is 15.4. The predicted molar refractivity (Wildman–Crippen MR) is 72.0 cm³/mol. The van der Waals surface area contributed by atoms with Gasteiger partial charge in [0, 0.05) is 0 Å². The Morgan fingerprint density at radius 2 is 2.05 bits per heavy atom. The number of aliphatic hydroxyl groups is 1. The fourth-order valence-electron chi connectivity index (χ4n) is 1.79. The Kier molecular flexibility index (Phi) is 4.34. The molecule has 0 bridgehead atoms. The maximum atomic E-state index is 13.5. The van der Waals surface area contributed by atoms with Crippen LogP contribution >= 0.6 is 0 Å². The van der Waals surface area contributed by atoms with Crippen molar-refractivity contribution in [3.05, 3.63) is 57.9 Å². The molecule has 0 aliphatic rings.